The summed E-state index contributed by atoms with van der Waals surface area (Å²) in [7, 11) is 0. The first-order valence-corrected chi connectivity index (χ1v) is 6.31. The summed E-state index contributed by atoms with van der Waals surface area (Å²) >= 11 is 0. The molecule has 7 heteroatoms. The van der Waals surface area contributed by atoms with Crippen LogP contribution >= 0.6 is 0 Å². The summed E-state index contributed by atoms with van der Waals surface area (Å²) in [4.78, 5) is 11.2. The molecule has 0 aliphatic rings. The van der Waals surface area contributed by atoms with Gasteiger partial charge in [-0.15, -0.1) is 0 Å². The van der Waals surface area contributed by atoms with Gasteiger partial charge in [0, 0.05) is 13.1 Å². The lowest BCUT2D eigenvalue weighted by Crippen LogP contribution is -2.34. The quantitative estimate of drug-likeness (QED) is 0.612. The minimum atomic E-state index is -1.13. The van der Waals surface area contributed by atoms with E-state index < -0.39 is 17.9 Å². The third kappa shape index (κ3) is 13.3. The summed E-state index contributed by atoms with van der Waals surface area (Å²) < 4.78 is 27.8. The Morgan fingerprint density at radius 3 is 2.47 bits per heavy atom. The van der Waals surface area contributed by atoms with Crippen molar-refractivity contribution in [2.75, 3.05) is 39.5 Å². The summed E-state index contributed by atoms with van der Waals surface area (Å²) in [5, 5.41) is 2.55. The monoisotopic (exact) mass is 280 g/mol. The summed E-state index contributed by atoms with van der Waals surface area (Å²) in [6.07, 6.45) is -1.61. The third-order valence-electron chi connectivity index (χ3n) is 1.84. The van der Waals surface area contributed by atoms with Gasteiger partial charge in [-0.1, -0.05) is 0 Å². The van der Waals surface area contributed by atoms with E-state index in [9.17, 15) is 9.18 Å². The van der Waals surface area contributed by atoms with Gasteiger partial charge in [0.15, 0.2) is 0 Å². The van der Waals surface area contributed by atoms with Crippen LogP contribution in [0.2, 0.25) is 0 Å². The molecule has 0 aromatic rings. The van der Waals surface area contributed by atoms with Crippen molar-refractivity contribution < 1.29 is 23.4 Å². The zero-order chi connectivity index (χ0) is 14.7. The fourth-order valence-electron chi connectivity index (χ4n) is 1.04. The van der Waals surface area contributed by atoms with Crippen molar-refractivity contribution >= 4 is 6.09 Å². The number of nitrogens with one attached hydrogen (secondary N) is 1. The average molecular weight is 280 g/mol. The second-order valence-corrected chi connectivity index (χ2v) is 4.95. The van der Waals surface area contributed by atoms with Crippen molar-refractivity contribution in [2.45, 2.75) is 32.5 Å². The molecule has 0 saturated heterocycles. The third-order valence-corrected chi connectivity index (χ3v) is 1.84. The zero-order valence-electron chi connectivity index (χ0n) is 11.9. The van der Waals surface area contributed by atoms with Gasteiger partial charge in [0.1, 0.15) is 11.8 Å². The second-order valence-electron chi connectivity index (χ2n) is 4.95. The van der Waals surface area contributed by atoms with Crippen LogP contribution in [0.15, 0.2) is 0 Å². The fraction of sp³-hybridized carbons (Fsp3) is 0.917. The highest BCUT2D eigenvalue weighted by molar-refractivity contribution is 5.67. The number of rotatable bonds is 9. The minimum Gasteiger partial charge on any atom is -0.444 e. The van der Waals surface area contributed by atoms with Gasteiger partial charge >= 0.3 is 6.09 Å². The van der Waals surface area contributed by atoms with Gasteiger partial charge in [0.25, 0.3) is 0 Å². The van der Waals surface area contributed by atoms with Gasteiger partial charge < -0.3 is 25.3 Å². The number of hydrogen-bond donors (Lipinski definition) is 2. The van der Waals surface area contributed by atoms with Crippen LogP contribution in [0.1, 0.15) is 20.8 Å². The molecule has 0 bridgehead atoms. The van der Waals surface area contributed by atoms with E-state index in [-0.39, 0.29) is 13.2 Å². The Labute approximate surface area is 113 Å². The van der Waals surface area contributed by atoms with Crippen LogP contribution in [0.5, 0.6) is 0 Å². The summed E-state index contributed by atoms with van der Waals surface area (Å²) in [5.41, 5.74) is 4.58. The number of amides is 1. The number of nitrogens with two attached hydrogens (primary N) is 1. The molecule has 0 aromatic carbocycles. The highest BCUT2D eigenvalue weighted by Gasteiger charge is 2.15. The molecule has 0 saturated carbocycles. The van der Waals surface area contributed by atoms with Crippen LogP contribution in [0.25, 0.3) is 0 Å². The number of carbonyl (C=O) groups is 1. The van der Waals surface area contributed by atoms with Crippen LogP contribution in [0.3, 0.4) is 0 Å². The van der Waals surface area contributed by atoms with E-state index in [0.717, 1.165) is 0 Å². The first kappa shape index (κ1) is 18.1. The molecule has 0 radical (unpaired) electrons. The van der Waals surface area contributed by atoms with Crippen LogP contribution in [-0.4, -0.2) is 57.4 Å². The molecule has 0 heterocycles. The molecule has 6 nitrogen and oxygen atoms in total. The lowest BCUT2D eigenvalue weighted by atomic mass is 10.2. The Bertz CT molecular complexity index is 246. The molecule has 114 valence electrons. The summed E-state index contributed by atoms with van der Waals surface area (Å²) in [5.74, 6) is 0. The van der Waals surface area contributed by atoms with E-state index in [1.54, 1.807) is 20.8 Å². The van der Waals surface area contributed by atoms with E-state index in [1.807, 2.05) is 0 Å². The first-order valence-electron chi connectivity index (χ1n) is 6.31. The standard InChI is InChI=1S/C12H25FN2O4/c1-12(2,3)19-11(16)15-4-5-17-6-7-18-9-10(13)8-14/h10H,4-9,14H2,1-3H3,(H,15,16). The smallest absolute Gasteiger partial charge is 0.407 e. The Morgan fingerprint density at radius 1 is 1.26 bits per heavy atom. The fourth-order valence-corrected chi connectivity index (χ4v) is 1.04. The Hall–Kier alpha value is -0.920. The molecule has 1 atom stereocenters. The lowest BCUT2D eigenvalue weighted by Gasteiger charge is -2.19. The number of hydrogen-bond acceptors (Lipinski definition) is 5. The SMILES string of the molecule is CC(C)(C)OC(=O)NCCOCCOCC(F)CN. The molecule has 0 aliphatic heterocycles. The van der Waals surface area contributed by atoms with Gasteiger partial charge in [-0.3, -0.25) is 0 Å². The number of ether oxygens (including phenoxy) is 3. The lowest BCUT2D eigenvalue weighted by molar-refractivity contribution is 0.0258. The predicted molar refractivity (Wildman–Crippen MR) is 69.8 cm³/mol. The van der Waals surface area contributed by atoms with Crippen LogP contribution < -0.4 is 11.1 Å². The van der Waals surface area contributed by atoms with Gasteiger partial charge in [0.05, 0.1) is 26.4 Å². The van der Waals surface area contributed by atoms with Crippen molar-refractivity contribution in [2.24, 2.45) is 5.73 Å². The van der Waals surface area contributed by atoms with Crippen molar-refractivity contribution in [3.05, 3.63) is 0 Å². The van der Waals surface area contributed by atoms with E-state index in [4.69, 9.17) is 19.9 Å². The highest BCUT2D eigenvalue weighted by Crippen LogP contribution is 2.05. The van der Waals surface area contributed by atoms with Gasteiger partial charge in [-0.2, -0.15) is 0 Å². The Balaban J connectivity index is 3.30. The second kappa shape index (κ2) is 9.94. The van der Waals surface area contributed by atoms with Gasteiger partial charge in [-0.05, 0) is 20.8 Å². The molecular weight excluding hydrogens is 255 g/mol. The van der Waals surface area contributed by atoms with Crippen molar-refractivity contribution in [1.29, 1.82) is 0 Å². The summed E-state index contributed by atoms with van der Waals surface area (Å²) in [6.45, 7) is 6.65. The van der Waals surface area contributed by atoms with Gasteiger partial charge in [-0.25, -0.2) is 9.18 Å². The average Bonchev–Trinajstić information content (AvgIpc) is 2.29. The predicted octanol–water partition coefficient (Wildman–Crippen LogP) is 0.841. The molecule has 0 aromatic heterocycles. The Kier molecular flexibility index (Phi) is 9.46. The normalized spacial score (nSPS) is 13.1. The molecule has 1 unspecified atom stereocenters. The van der Waals surface area contributed by atoms with Crippen molar-refractivity contribution in [3.8, 4) is 0 Å². The van der Waals surface area contributed by atoms with E-state index in [1.165, 1.54) is 0 Å². The number of halogens is 1. The summed E-state index contributed by atoms with van der Waals surface area (Å²) in [6, 6.07) is 0. The Morgan fingerprint density at radius 2 is 1.89 bits per heavy atom. The molecule has 0 aliphatic carbocycles. The molecule has 0 rings (SSSR count). The van der Waals surface area contributed by atoms with Gasteiger partial charge in [0.2, 0.25) is 0 Å². The number of carbonyl (C=O) groups excluding carboxylic acids is 1. The van der Waals surface area contributed by atoms with Crippen LogP contribution in [0.4, 0.5) is 9.18 Å². The molecule has 0 fully saturated rings. The molecule has 0 spiro atoms. The van der Waals surface area contributed by atoms with E-state index in [2.05, 4.69) is 5.32 Å². The van der Waals surface area contributed by atoms with Crippen LogP contribution in [-0.2, 0) is 14.2 Å². The molecule has 3 N–H and O–H groups in total. The highest BCUT2D eigenvalue weighted by atomic mass is 19.1. The maximum absolute atomic E-state index is 12.6. The molecule has 1 amide bonds. The van der Waals surface area contributed by atoms with E-state index >= 15 is 0 Å². The maximum Gasteiger partial charge on any atom is 0.407 e. The largest absolute Gasteiger partial charge is 0.444 e. The number of alkyl halides is 1. The number of alkyl carbamates (subject to hydrolysis) is 1. The van der Waals surface area contributed by atoms with Crippen LogP contribution in [0, 0.1) is 0 Å². The van der Waals surface area contributed by atoms with Crippen molar-refractivity contribution in [1.82, 2.24) is 5.32 Å². The zero-order valence-corrected chi connectivity index (χ0v) is 11.9. The molecule has 19 heavy (non-hydrogen) atoms. The van der Waals surface area contributed by atoms with Crippen molar-refractivity contribution in [3.63, 3.8) is 0 Å². The topological polar surface area (TPSA) is 82.8 Å². The first-order chi connectivity index (χ1) is 8.85. The van der Waals surface area contributed by atoms with E-state index in [0.29, 0.717) is 26.4 Å². The minimum absolute atomic E-state index is 0.0178. The maximum atomic E-state index is 12.6. The molecular formula is C12H25FN2O4.